The summed E-state index contributed by atoms with van der Waals surface area (Å²) in [4.78, 5) is 39.0. The van der Waals surface area contributed by atoms with Gasteiger partial charge in [0.25, 0.3) is 0 Å². The van der Waals surface area contributed by atoms with E-state index in [0.29, 0.717) is 21.7 Å². The van der Waals surface area contributed by atoms with E-state index < -0.39 is 17.9 Å². The van der Waals surface area contributed by atoms with Crippen LogP contribution in [0.5, 0.6) is 11.5 Å². The minimum Gasteiger partial charge on any atom is -0.478 e. The molecule has 0 aliphatic rings. The highest BCUT2D eigenvalue weighted by Crippen LogP contribution is 2.33. The average molecular weight is 513 g/mol. The lowest BCUT2D eigenvalue weighted by Crippen LogP contribution is -2.16. The first-order valence-electron chi connectivity index (χ1n) is 12.2. The van der Waals surface area contributed by atoms with Crippen LogP contribution < -0.4 is 9.47 Å². The molecule has 0 aliphatic heterocycles. The van der Waals surface area contributed by atoms with Crippen LogP contribution >= 0.6 is 0 Å². The molecule has 6 rings (SSSR count). The van der Waals surface area contributed by atoms with Crippen LogP contribution in [0.3, 0.4) is 0 Å². The van der Waals surface area contributed by atoms with Crippen molar-refractivity contribution in [2.45, 2.75) is 0 Å². The summed E-state index contributed by atoms with van der Waals surface area (Å²) in [6.45, 7) is 0. The van der Waals surface area contributed by atoms with Gasteiger partial charge in [0.15, 0.2) is 0 Å². The summed E-state index contributed by atoms with van der Waals surface area (Å²) in [6, 6.07) is 33.4. The fourth-order valence-electron chi connectivity index (χ4n) is 4.73. The molecule has 0 aliphatic carbocycles. The van der Waals surface area contributed by atoms with Gasteiger partial charge in [-0.3, -0.25) is 0 Å². The summed E-state index contributed by atoms with van der Waals surface area (Å²) in [5.41, 5.74) is 0.214. The molecule has 6 aromatic rings. The lowest BCUT2D eigenvalue weighted by molar-refractivity contribution is 0.0682. The molecule has 0 atom stereocenters. The van der Waals surface area contributed by atoms with Gasteiger partial charge in [0.1, 0.15) is 22.6 Å². The van der Waals surface area contributed by atoms with Gasteiger partial charge in [-0.25, -0.2) is 14.4 Å². The second-order valence-corrected chi connectivity index (χ2v) is 8.97. The molecule has 6 nitrogen and oxygen atoms in total. The molecule has 0 saturated heterocycles. The van der Waals surface area contributed by atoms with Crippen molar-refractivity contribution in [3.05, 3.63) is 132 Å². The summed E-state index contributed by atoms with van der Waals surface area (Å²) >= 11 is 0. The second kappa shape index (κ2) is 9.76. The van der Waals surface area contributed by atoms with Crippen LogP contribution in [0.1, 0.15) is 31.1 Å². The minimum atomic E-state index is -1.23. The molecule has 1 N–H and O–H groups in total. The molecule has 0 spiro atoms. The molecule has 188 valence electrons. The Morgan fingerprint density at radius 2 is 1.05 bits per heavy atom. The molecule has 0 aromatic heterocycles. The van der Waals surface area contributed by atoms with Gasteiger partial charge >= 0.3 is 17.9 Å². The van der Waals surface area contributed by atoms with Gasteiger partial charge in [-0.05, 0) is 56.6 Å². The smallest absolute Gasteiger partial charge is 0.348 e. The highest BCUT2D eigenvalue weighted by molar-refractivity contribution is 6.11. The van der Waals surface area contributed by atoms with Crippen molar-refractivity contribution >= 4 is 50.2 Å². The van der Waals surface area contributed by atoms with Crippen molar-refractivity contribution in [1.29, 1.82) is 0 Å². The van der Waals surface area contributed by atoms with E-state index in [2.05, 4.69) is 0 Å². The number of rotatable bonds is 5. The fourth-order valence-corrected chi connectivity index (χ4v) is 4.73. The van der Waals surface area contributed by atoms with Crippen molar-refractivity contribution in [3.8, 4) is 11.5 Å². The van der Waals surface area contributed by atoms with Crippen LogP contribution in [0.25, 0.3) is 32.3 Å². The van der Waals surface area contributed by atoms with Gasteiger partial charge in [-0.1, -0.05) is 91.0 Å². The highest BCUT2D eigenvalue weighted by Gasteiger charge is 2.24. The Morgan fingerprint density at radius 1 is 0.487 bits per heavy atom. The van der Waals surface area contributed by atoms with Crippen LogP contribution in [-0.2, 0) is 0 Å². The van der Waals surface area contributed by atoms with Crippen LogP contribution in [0.15, 0.2) is 115 Å². The number of carboxylic acid groups (broad SMARTS) is 1. The molecule has 6 heteroatoms. The van der Waals surface area contributed by atoms with Gasteiger partial charge in [0.2, 0.25) is 0 Å². The predicted octanol–water partition coefficient (Wildman–Crippen LogP) is 7.28. The first-order chi connectivity index (χ1) is 19.0. The number of esters is 2. The largest absolute Gasteiger partial charge is 0.478 e. The third-order valence-electron chi connectivity index (χ3n) is 6.59. The van der Waals surface area contributed by atoms with Gasteiger partial charge in [0, 0.05) is 0 Å². The quantitative estimate of drug-likeness (QED) is 0.193. The standard InChI is InChI=1S/C33H20O6/c34-31(35)27-18-22-10-1-2-11-23(22)19-29(27)39-33(37)30-25-14-6-4-9-21(25)16-17-28(30)38-32(36)26-15-7-12-20-8-3-5-13-24(20)26/h1-19H,(H,34,35). The van der Waals surface area contributed by atoms with Crippen LogP contribution in [0.4, 0.5) is 0 Å². The number of hydrogen-bond donors (Lipinski definition) is 1. The van der Waals surface area contributed by atoms with Crippen molar-refractivity contribution in [3.63, 3.8) is 0 Å². The normalized spacial score (nSPS) is 11.0. The molecular weight excluding hydrogens is 492 g/mol. The van der Waals surface area contributed by atoms with Crippen LogP contribution in [-0.4, -0.2) is 23.0 Å². The van der Waals surface area contributed by atoms with E-state index >= 15 is 0 Å². The van der Waals surface area contributed by atoms with Crippen molar-refractivity contribution in [2.24, 2.45) is 0 Å². The number of aromatic carboxylic acids is 1. The lowest BCUT2D eigenvalue weighted by atomic mass is 10.0. The van der Waals surface area contributed by atoms with E-state index in [4.69, 9.17) is 9.47 Å². The average Bonchev–Trinajstić information content (AvgIpc) is 2.96. The van der Waals surface area contributed by atoms with E-state index in [9.17, 15) is 19.5 Å². The fraction of sp³-hybridized carbons (Fsp3) is 0. The maximum Gasteiger partial charge on any atom is 0.348 e. The first kappa shape index (κ1) is 23.9. The van der Waals surface area contributed by atoms with E-state index in [-0.39, 0.29) is 22.6 Å². The number of carbonyl (C=O) groups excluding carboxylic acids is 2. The number of fused-ring (bicyclic) bond motifs is 3. The van der Waals surface area contributed by atoms with Gasteiger partial charge in [-0.15, -0.1) is 0 Å². The van der Waals surface area contributed by atoms with Crippen LogP contribution in [0.2, 0.25) is 0 Å². The monoisotopic (exact) mass is 512 g/mol. The summed E-state index contributed by atoms with van der Waals surface area (Å²) in [7, 11) is 0. The molecule has 0 amide bonds. The Bertz CT molecular complexity index is 1930. The summed E-state index contributed by atoms with van der Waals surface area (Å²) in [5.74, 6) is -2.80. The Labute approximate surface area is 222 Å². The predicted molar refractivity (Wildman–Crippen MR) is 149 cm³/mol. The van der Waals surface area contributed by atoms with Gasteiger partial charge < -0.3 is 14.6 Å². The lowest BCUT2D eigenvalue weighted by Gasteiger charge is -2.15. The third kappa shape index (κ3) is 4.45. The molecule has 0 radical (unpaired) electrons. The minimum absolute atomic E-state index is 0.00861. The Hall–Kier alpha value is -5.49. The van der Waals surface area contributed by atoms with Crippen molar-refractivity contribution in [2.75, 3.05) is 0 Å². The highest BCUT2D eigenvalue weighted by atomic mass is 16.6. The zero-order chi connectivity index (χ0) is 26.9. The zero-order valence-electron chi connectivity index (χ0n) is 20.5. The topological polar surface area (TPSA) is 89.9 Å². The molecule has 39 heavy (non-hydrogen) atoms. The third-order valence-corrected chi connectivity index (χ3v) is 6.59. The molecule has 0 unspecified atom stereocenters. The molecular formula is C33H20O6. The maximum absolute atomic E-state index is 13.7. The summed E-state index contributed by atoms with van der Waals surface area (Å²) < 4.78 is 11.5. The molecule has 0 heterocycles. The Kier molecular flexibility index (Phi) is 5.98. The zero-order valence-corrected chi connectivity index (χ0v) is 20.5. The first-order valence-corrected chi connectivity index (χ1v) is 12.2. The van der Waals surface area contributed by atoms with Crippen molar-refractivity contribution in [1.82, 2.24) is 0 Å². The van der Waals surface area contributed by atoms with Crippen LogP contribution in [0, 0.1) is 0 Å². The molecule has 6 aromatic carbocycles. The number of carboxylic acids is 1. The SMILES string of the molecule is O=C(O)c1cc2ccccc2cc1OC(=O)c1c(OC(=O)c2cccc3ccccc23)ccc2ccccc12. The Morgan fingerprint density at radius 3 is 1.77 bits per heavy atom. The van der Waals surface area contributed by atoms with E-state index in [1.165, 1.54) is 12.1 Å². The summed E-state index contributed by atoms with van der Waals surface area (Å²) in [6.07, 6.45) is 0. The van der Waals surface area contributed by atoms with E-state index in [1.54, 1.807) is 54.6 Å². The molecule has 0 saturated carbocycles. The number of carbonyl (C=O) groups is 3. The van der Waals surface area contributed by atoms with Gasteiger partial charge in [0.05, 0.1) is 5.56 Å². The molecule has 0 fully saturated rings. The number of ether oxygens (including phenoxy) is 2. The molecule has 0 bridgehead atoms. The second-order valence-electron chi connectivity index (χ2n) is 8.97. The number of hydrogen-bond acceptors (Lipinski definition) is 5. The van der Waals surface area contributed by atoms with E-state index in [0.717, 1.165) is 16.2 Å². The summed E-state index contributed by atoms with van der Waals surface area (Å²) in [5, 5.41) is 14.0. The van der Waals surface area contributed by atoms with Crippen molar-refractivity contribution < 1.29 is 29.0 Å². The maximum atomic E-state index is 13.7. The number of benzene rings is 6. The van der Waals surface area contributed by atoms with E-state index in [1.807, 2.05) is 48.5 Å². The van der Waals surface area contributed by atoms with Gasteiger partial charge in [-0.2, -0.15) is 0 Å². The Balaban J connectivity index is 1.44.